The Morgan fingerprint density at radius 2 is 2.07 bits per heavy atom. The van der Waals surface area contributed by atoms with Gasteiger partial charge >= 0.3 is 0 Å². The van der Waals surface area contributed by atoms with Gasteiger partial charge in [-0.3, -0.25) is 0 Å². The molecule has 0 fully saturated rings. The van der Waals surface area contributed by atoms with Crippen molar-refractivity contribution in [2.75, 3.05) is 0 Å². The van der Waals surface area contributed by atoms with Crippen LogP contribution in [0.5, 0.6) is 0 Å². The highest BCUT2D eigenvalue weighted by molar-refractivity contribution is 9.10. The van der Waals surface area contributed by atoms with Gasteiger partial charge in [-0.25, -0.2) is 9.50 Å². The highest BCUT2D eigenvalue weighted by atomic mass is 79.9. The molecule has 0 atom stereocenters. The molecule has 0 saturated carbocycles. The molecule has 2 aromatic heterocycles. The number of hydrogen-bond acceptors (Lipinski definition) is 2. The van der Waals surface area contributed by atoms with E-state index in [0.29, 0.717) is 16.0 Å². The maximum absolute atomic E-state index is 6.21. The topological polar surface area (TPSA) is 30.2 Å². The first-order chi connectivity index (χ1) is 7.02. The average Bonchev–Trinajstić information content (AvgIpc) is 2.47. The van der Waals surface area contributed by atoms with Gasteiger partial charge in [-0.05, 0) is 21.8 Å². The zero-order chi connectivity index (χ0) is 11.2. The van der Waals surface area contributed by atoms with E-state index < -0.39 is 0 Å². The Hall–Kier alpha value is -0.320. The zero-order valence-corrected chi connectivity index (χ0v) is 11.2. The molecule has 0 aliphatic carbocycles. The van der Waals surface area contributed by atoms with E-state index >= 15 is 0 Å². The maximum Gasteiger partial charge on any atom is 0.172 e. The summed E-state index contributed by atoms with van der Waals surface area (Å²) in [7, 11) is 0. The summed E-state index contributed by atoms with van der Waals surface area (Å²) in [6.07, 6.45) is 1.65. The van der Waals surface area contributed by atoms with E-state index in [1.165, 1.54) is 0 Å². The third-order valence-corrected chi connectivity index (χ3v) is 3.32. The summed E-state index contributed by atoms with van der Waals surface area (Å²) in [6, 6.07) is 0. The van der Waals surface area contributed by atoms with Crippen molar-refractivity contribution >= 4 is 44.8 Å². The van der Waals surface area contributed by atoms with Crippen LogP contribution in [0.1, 0.15) is 25.3 Å². The number of halogens is 3. The quantitative estimate of drug-likeness (QED) is 0.747. The Morgan fingerprint density at radius 1 is 1.40 bits per heavy atom. The SMILES string of the molecule is CC(C)c1c(Cl)nc2c(Br)cnn2c1Cl. The molecule has 3 nitrogen and oxygen atoms in total. The predicted molar refractivity (Wildman–Crippen MR) is 64.8 cm³/mol. The molecule has 0 saturated heterocycles. The van der Waals surface area contributed by atoms with Crippen molar-refractivity contribution in [3.05, 3.63) is 26.5 Å². The van der Waals surface area contributed by atoms with Crippen LogP contribution in [0.15, 0.2) is 10.7 Å². The van der Waals surface area contributed by atoms with E-state index in [1.54, 1.807) is 10.7 Å². The monoisotopic (exact) mass is 307 g/mol. The minimum atomic E-state index is 0.213. The van der Waals surface area contributed by atoms with Crippen LogP contribution in [0, 0.1) is 0 Å². The largest absolute Gasteiger partial charge is 0.215 e. The molecular weight excluding hydrogens is 301 g/mol. The molecule has 0 aromatic carbocycles. The van der Waals surface area contributed by atoms with Crippen molar-refractivity contribution in [1.29, 1.82) is 0 Å². The molecule has 0 aliphatic heterocycles. The van der Waals surface area contributed by atoms with Gasteiger partial charge in [0.05, 0.1) is 10.7 Å². The summed E-state index contributed by atoms with van der Waals surface area (Å²) in [5.74, 6) is 0.213. The lowest BCUT2D eigenvalue weighted by Gasteiger charge is -2.10. The lowest BCUT2D eigenvalue weighted by atomic mass is 10.1. The second-order valence-corrected chi connectivity index (χ2v) is 5.06. The van der Waals surface area contributed by atoms with Gasteiger partial charge in [0.2, 0.25) is 0 Å². The van der Waals surface area contributed by atoms with E-state index in [-0.39, 0.29) is 5.92 Å². The van der Waals surface area contributed by atoms with Crippen molar-refractivity contribution in [2.45, 2.75) is 19.8 Å². The average molecular weight is 309 g/mol. The van der Waals surface area contributed by atoms with E-state index in [4.69, 9.17) is 23.2 Å². The first-order valence-corrected chi connectivity index (χ1v) is 5.95. The number of aromatic nitrogens is 3. The molecule has 2 aromatic rings. The van der Waals surface area contributed by atoms with Crippen molar-refractivity contribution in [3.8, 4) is 0 Å². The molecule has 0 aliphatic rings. The second-order valence-electron chi connectivity index (χ2n) is 3.49. The highest BCUT2D eigenvalue weighted by Crippen LogP contribution is 2.32. The van der Waals surface area contributed by atoms with Crippen molar-refractivity contribution in [3.63, 3.8) is 0 Å². The number of rotatable bonds is 1. The van der Waals surface area contributed by atoms with Crippen LogP contribution in [-0.2, 0) is 0 Å². The summed E-state index contributed by atoms with van der Waals surface area (Å²) in [5.41, 5.74) is 1.45. The maximum atomic E-state index is 6.21. The van der Waals surface area contributed by atoms with Crippen LogP contribution in [0.25, 0.3) is 5.65 Å². The van der Waals surface area contributed by atoms with Gasteiger partial charge in [0.1, 0.15) is 10.3 Å². The second kappa shape index (κ2) is 3.92. The zero-order valence-electron chi connectivity index (χ0n) is 8.13. The lowest BCUT2D eigenvalue weighted by molar-refractivity contribution is 0.822. The molecular formula is C9H8BrCl2N3. The first-order valence-electron chi connectivity index (χ1n) is 4.40. The Bertz CT molecular complexity index is 522. The van der Waals surface area contributed by atoms with Gasteiger partial charge in [-0.15, -0.1) is 0 Å². The summed E-state index contributed by atoms with van der Waals surface area (Å²) in [4.78, 5) is 4.25. The van der Waals surface area contributed by atoms with Gasteiger partial charge in [0.15, 0.2) is 5.65 Å². The molecule has 6 heteroatoms. The fraction of sp³-hybridized carbons (Fsp3) is 0.333. The Balaban J connectivity index is 2.85. The lowest BCUT2D eigenvalue weighted by Crippen LogP contribution is -2.01. The van der Waals surface area contributed by atoms with E-state index in [2.05, 4.69) is 26.0 Å². The molecule has 0 spiro atoms. The first kappa shape index (κ1) is 11.2. The highest BCUT2D eigenvalue weighted by Gasteiger charge is 2.17. The fourth-order valence-corrected chi connectivity index (χ4v) is 2.61. The van der Waals surface area contributed by atoms with Crippen LogP contribution in [-0.4, -0.2) is 14.6 Å². The van der Waals surface area contributed by atoms with E-state index in [0.717, 1.165) is 10.0 Å². The van der Waals surface area contributed by atoms with Gasteiger partial charge < -0.3 is 0 Å². The van der Waals surface area contributed by atoms with Crippen LogP contribution in [0.3, 0.4) is 0 Å². The van der Waals surface area contributed by atoms with E-state index in [9.17, 15) is 0 Å². The summed E-state index contributed by atoms with van der Waals surface area (Å²) < 4.78 is 2.36. The van der Waals surface area contributed by atoms with Gasteiger partial charge in [0.25, 0.3) is 0 Å². The Labute approximate surface area is 106 Å². The van der Waals surface area contributed by atoms with Crippen molar-refractivity contribution in [1.82, 2.24) is 14.6 Å². The van der Waals surface area contributed by atoms with Crippen LogP contribution in [0.2, 0.25) is 10.3 Å². The third-order valence-electron chi connectivity index (χ3n) is 2.11. The van der Waals surface area contributed by atoms with Crippen molar-refractivity contribution in [2.24, 2.45) is 0 Å². The number of fused-ring (bicyclic) bond motifs is 1. The normalized spacial score (nSPS) is 11.6. The molecule has 0 radical (unpaired) electrons. The molecule has 80 valence electrons. The minimum Gasteiger partial charge on any atom is -0.215 e. The fourth-order valence-electron chi connectivity index (χ4n) is 1.40. The molecule has 0 N–H and O–H groups in total. The third kappa shape index (κ3) is 1.75. The van der Waals surface area contributed by atoms with Gasteiger partial charge in [0, 0.05) is 5.56 Å². The summed E-state index contributed by atoms with van der Waals surface area (Å²) in [6.45, 7) is 4.03. The molecule has 0 amide bonds. The molecule has 0 bridgehead atoms. The molecule has 0 unspecified atom stereocenters. The number of hydrogen-bond donors (Lipinski definition) is 0. The molecule has 2 rings (SSSR count). The number of nitrogens with zero attached hydrogens (tertiary/aromatic N) is 3. The summed E-state index contributed by atoms with van der Waals surface area (Å²) in [5, 5.41) is 5.07. The van der Waals surface area contributed by atoms with Crippen molar-refractivity contribution < 1.29 is 0 Å². The molecule has 2 heterocycles. The standard InChI is InChI=1S/C9H8BrCl2N3/c1-4(2)6-7(11)14-9-5(10)3-13-15(9)8(6)12/h3-4H,1-2H3. The van der Waals surface area contributed by atoms with Gasteiger partial charge in [-0.1, -0.05) is 37.0 Å². The predicted octanol–water partition coefficient (Wildman–Crippen LogP) is 3.92. The summed E-state index contributed by atoms with van der Waals surface area (Å²) >= 11 is 15.6. The minimum absolute atomic E-state index is 0.213. The van der Waals surface area contributed by atoms with E-state index in [1.807, 2.05) is 13.8 Å². The Morgan fingerprint density at radius 3 is 2.67 bits per heavy atom. The smallest absolute Gasteiger partial charge is 0.172 e. The van der Waals surface area contributed by atoms with Crippen LogP contribution < -0.4 is 0 Å². The van der Waals surface area contributed by atoms with Gasteiger partial charge in [-0.2, -0.15) is 5.10 Å². The van der Waals surface area contributed by atoms with Crippen LogP contribution in [0.4, 0.5) is 0 Å². The van der Waals surface area contributed by atoms with Crippen LogP contribution >= 0.6 is 39.1 Å². The Kier molecular flexibility index (Phi) is 2.92. The molecule has 15 heavy (non-hydrogen) atoms.